The van der Waals surface area contributed by atoms with E-state index in [-0.39, 0.29) is 23.1 Å². The predicted molar refractivity (Wildman–Crippen MR) is 76.5 cm³/mol. The number of aromatic amines is 1. The number of aliphatic carboxylic acids is 1. The fourth-order valence-corrected chi connectivity index (χ4v) is 3.24. The molecule has 0 amide bonds. The molecule has 1 fully saturated rings. The number of H-pyrrole nitrogens is 1. The summed E-state index contributed by atoms with van der Waals surface area (Å²) >= 11 is 0.999. The molecule has 2 N–H and O–H groups in total. The van der Waals surface area contributed by atoms with Crippen molar-refractivity contribution in [3.8, 4) is 0 Å². The van der Waals surface area contributed by atoms with E-state index in [1.165, 1.54) is 0 Å². The van der Waals surface area contributed by atoms with E-state index in [2.05, 4.69) is 9.88 Å². The normalized spacial score (nSPS) is 16.8. The van der Waals surface area contributed by atoms with Crippen molar-refractivity contribution in [1.29, 1.82) is 0 Å². The van der Waals surface area contributed by atoms with Gasteiger partial charge >= 0.3 is 16.8 Å². The lowest BCUT2D eigenvalue weighted by molar-refractivity contribution is -0.143. The number of carboxylic acids is 1. The van der Waals surface area contributed by atoms with Gasteiger partial charge in [-0.25, -0.2) is 4.79 Å². The first-order chi connectivity index (χ1) is 10.0. The van der Waals surface area contributed by atoms with Gasteiger partial charge in [-0.2, -0.15) is 0 Å². The van der Waals surface area contributed by atoms with Crippen LogP contribution in [0.2, 0.25) is 0 Å². The molecule has 0 saturated carbocycles. The lowest BCUT2D eigenvalue weighted by Gasteiger charge is -2.29. The number of thiazole rings is 1. The van der Waals surface area contributed by atoms with E-state index in [0.717, 1.165) is 11.3 Å². The zero-order valence-corrected chi connectivity index (χ0v) is 12.6. The van der Waals surface area contributed by atoms with Crippen LogP contribution >= 0.6 is 11.3 Å². The Labute approximate surface area is 125 Å². The lowest BCUT2D eigenvalue weighted by Crippen LogP contribution is -2.36. The second kappa shape index (κ2) is 6.86. The Bertz CT molecular complexity index is 571. The fourth-order valence-electron chi connectivity index (χ4n) is 2.38. The molecule has 0 spiro atoms. The molecule has 0 atom stereocenters. The van der Waals surface area contributed by atoms with E-state index < -0.39 is 11.9 Å². The van der Waals surface area contributed by atoms with Gasteiger partial charge in [-0.3, -0.25) is 14.5 Å². The highest BCUT2D eigenvalue weighted by Crippen LogP contribution is 2.21. The number of rotatable bonds is 5. The third-order valence-corrected chi connectivity index (χ3v) is 4.37. The van der Waals surface area contributed by atoms with Gasteiger partial charge in [0.25, 0.3) is 0 Å². The van der Waals surface area contributed by atoms with Crippen LogP contribution in [0.15, 0.2) is 4.79 Å². The summed E-state index contributed by atoms with van der Waals surface area (Å²) in [6.07, 6.45) is 1.17. The van der Waals surface area contributed by atoms with Crippen molar-refractivity contribution in [3.05, 3.63) is 20.2 Å². The molecule has 0 aliphatic carbocycles. The minimum absolute atomic E-state index is 0.215. The number of carbonyl (C=O) groups excluding carboxylic acids is 1. The smallest absolute Gasteiger partial charge is 0.356 e. The van der Waals surface area contributed by atoms with Crippen LogP contribution in [-0.2, 0) is 16.1 Å². The number of nitrogens with zero attached hydrogens (tertiary/aromatic N) is 1. The number of nitrogens with one attached hydrogen (secondary N) is 1. The van der Waals surface area contributed by atoms with Crippen molar-refractivity contribution in [2.45, 2.75) is 26.3 Å². The molecule has 2 heterocycles. The average molecular weight is 314 g/mol. The number of hydrogen-bond acceptors (Lipinski definition) is 6. The van der Waals surface area contributed by atoms with Crippen LogP contribution in [0, 0.1) is 5.92 Å². The Morgan fingerprint density at radius 2 is 2.10 bits per heavy atom. The van der Waals surface area contributed by atoms with Gasteiger partial charge < -0.3 is 14.8 Å². The monoisotopic (exact) mass is 314 g/mol. The van der Waals surface area contributed by atoms with Crippen LogP contribution in [0.1, 0.15) is 35.1 Å². The summed E-state index contributed by atoms with van der Waals surface area (Å²) in [6.45, 7) is 3.71. The molecule has 2 rings (SSSR count). The molecule has 0 aromatic carbocycles. The number of piperidine rings is 1. The van der Waals surface area contributed by atoms with Crippen molar-refractivity contribution in [2.24, 2.45) is 5.92 Å². The van der Waals surface area contributed by atoms with Crippen LogP contribution in [-0.4, -0.2) is 46.6 Å². The first-order valence-corrected chi connectivity index (χ1v) is 7.67. The van der Waals surface area contributed by atoms with Crippen LogP contribution in [0.25, 0.3) is 0 Å². The highest BCUT2D eigenvalue weighted by atomic mass is 32.1. The number of hydrogen-bond donors (Lipinski definition) is 2. The van der Waals surface area contributed by atoms with Gasteiger partial charge in [0.2, 0.25) is 0 Å². The van der Waals surface area contributed by atoms with Gasteiger partial charge in [0, 0.05) is 6.54 Å². The fraction of sp³-hybridized carbons (Fsp3) is 0.615. The Hall–Kier alpha value is -1.67. The topological polar surface area (TPSA) is 99.7 Å². The molecule has 8 heteroatoms. The molecule has 1 aromatic heterocycles. The Kier molecular flexibility index (Phi) is 5.13. The van der Waals surface area contributed by atoms with Crippen LogP contribution in [0.5, 0.6) is 0 Å². The Morgan fingerprint density at radius 3 is 2.67 bits per heavy atom. The van der Waals surface area contributed by atoms with Crippen LogP contribution in [0.4, 0.5) is 0 Å². The quantitative estimate of drug-likeness (QED) is 0.784. The molecule has 0 bridgehead atoms. The zero-order valence-electron chi connectivity index (χ0n) is 11.8. The SMILES string of the molecule is CCOC(=O)c1[nH]c(=O)sc1CN1CCC(C(=O)O)CC1. The van der Waals surface area contributed by atoms with Crippen molar-refractivity contribution in [2.75, 3.05) is 19.7 Å². The number of carboxylic acid groups (broad SMARTS) is 1. The van der Waals surface area contributed by atoms with E-state index in [1.807, 2.05) is 0 Å². The molecule has 116 valence electrons. The van der Waals surface area contributed by atoms with Gasteiger partial charge in [0.1, 0.15) is 5.69 Å². The first-order valence-electron chi connectivity index (χ1n) is 6.85. The van der Waals surface area contributed by atoms with Crippen LogP contribution < -0.4 is 4.87 Å². The maximum atomic E-state index is 11.8. The summed E-state index contributed by atoms with van der Waals surface area (Å²) in [5, 5.41) is 8.97. The molecule has 1 aliphatic heterocycles. The van der Waals surface area contributed by atoms with Crippen molar-refractivity contribution in [1.82, 2.24) is 9.88 Å². The van der Waals surface area contributed by atoms with Gasteiger partial charge in [0.05, 0.1) is 17.4 Å². The minimum atomic E-state index is -0.756. The largest absolute Gasteiger partial charge is 0.481 e. The van der Waals surface area contributed by atoms with Gasteiger partial charge in [-0.15, -0.1) is 0 Å². The predicted octanol–water partition coefficient (Wildman–Crippen LogP) is 0.910. The molecular formula is C13H18N2O5S. The number of aromatic nitrogens is 1. The molecular weight excluding hydrogens is 296 g/mol. The summed E-state index contributed by atoms with van der Waals surface area (Å²) < 4.78 is 4.92. The summed E-state index contributed by atoms with van der Waals surface area (Å²) in [6, 6.07) is 0. The summed E-state index contributed by atoms with van der Waals surface area (Å²) in [5.41, 5.74) is 0.215. The van der Waals surface area contributed by atoms with Gasteiger partial charge in [-0.1, -0.05) is 11.3 Å². The highest BCUT2D eigenvalue weighted by Gasteiger charge is 2.26. The van der Waals surface area contributed by atoms with Crippen molar-refractivity contribution in [3.63, 3.8) is 0 Å². The van der Waals surface area contributed by atoms with E-state index in [9.17, 15) is 14.4 Å². The Balaban J connectivity index is 2.02. The molecule has 1 aromatic rings. The molecule has 0 unspecified atom stereocenters. The second-order valence-electron chi connectivity index (χ2n) is 4.92. The number of likely N-dealkylation sites (tertiary alicyclic amines) is 1. The first kappa shape index (κ1) is 15.7. The minimum Gasteiger partial charge on any atom is -0.481 e. The number of esters is 1. The van der Waals surface area contributed by atoms with Gasteiger partial charge in [0.15, 0.2) is 0 Å². The standard InChI is InChI=1S/C13H18N2O5S/c1-2-20-12(18)10-9(21-13(19)14-10)7-15-5-3-8(4-6-15)11(16)17/h8H,2-7H2,1H3,(H,14,19)(H,16,17). The number of ether oxygens (including phenoxy) is 1. The van der Waals surface area contributed by atoms with Crippen LogP contribution in [0.3, 0.4) is 0 Å². The summed E-state index contributed by atoms with van der Waals surface area (Å²) in [4.78, 5) is 39.1. The van der Waals surface area contributed by atoms with E-state index in [0.29, 0.717) is 37.4 Å². The van der Waals surface area contributed by atoms with E-state index in [4.69, 9.17) is 9.84 Å². The third-order valence-electron chi connectivity index (χ3n) is 3.51. The molecule has 7 nitrogen and oxygen atoms in total. The maximum absolute atomic E-state index is 11.8. The van der Waals surface area contributed by atoms with E-state index in [1.54, 1.807) is 6.92 Å². The molecule has 1 saturated heterocycles. The maximum Gasteiger partial charge on any atom is 0.356 e. The average Bonchev–Trinajstić information content (AvgIpc) is 2.80. The van der Waals surface area contributed by atoms with Crippen molar-refractivity contribution < 1.29 is 19.4 Å². The molecule has 21 heavy (non-hydrogen) atoms. The third kappa shape index (κ3) is 3.92. The number of carbonyl (C=O) groups is 2. The molecule has 1 aliphatic rings. The molecule has 0 radical (unpaired) electrons. The summed E-state index contributed by atoms with van der Waals surface area (Å²) in [7, 11) is 0. The van der Waals surface area contributed by atoms with E-state index >= 15 is 0 Å². The second-order valence-corrected chi connectivity index (χ2v) is 5.99. The van der Waals surface area contributed by atoms with Crippen molar-refractivity contribution >= 4 is 23.3 Å². The zero-order chi connectivity index (χ0) is 15.4. The van der Waals surface area contributed by atoms with Gasteiger partial charge in [-0.05, 0) is 32.9 Å². The lowest BCUT2D eigenvalue weighted by atomic mass is 9.97. The highest BCUT2D eigenvalue weighted by molar-refractivity contribution is 7.09. The summed E-state index contributed by atoms with van der Waals surface area (Å²) in [5.74, 6) is -1.57. The Morgan fingerprint density at radius 1 is 1.43 bits per heavy atom.